The molecule has 1 unspecified atom stereocenters. The number of rotatable bonds is 9. The van der Waals surface area contributed by atoms with Crippen LogP contribution < -0.4 is 26.5 Å². The summed E-state index contributed by atoms with van der Waals surface area (Å²) in [5, 5.41) is 7.98. The van der Waals surface area contributed by atoms with E-state index < -0.39 is 17.2 Å². The Morgan fingerprint density at radius 3 is 2.64 bits per heavy atom. The fourth-order valence-corrected chi connectivity index (χ4v) is 6.88. The lowest BCUT2D eigenvalue weighted by Gasteiger charge is -2.28. The molecule has 45 heavy (non-hydrogen) atoms. The van der Waals surface area contributed by atoms with Gasteiger partial charge in [-0.2, -0.15) is 0 Å². The third-order valence-corrected chi connectivity index (χ3v) is 9.41. The first-order chi connectivity index (χ1) is 21.9. The number of fused-ring (bicyclic) bond motifs is 3. The normalized spacial score (nSPS) is 18.2. The lowest BCUT2D eigenvalue weighted by Crippen LogP contribution is -2.37. The lowest BCUT2D eigenvalue weighted by atomic mass is 10.0. The van der Waals surface area contributed by atoms with E-state index in [2.05, 4.69) is 27.5 Å². The molecule has 1 amide bonds. The van der Waals surface area contributed by atoms with Crippen LogP contribution in [-0.4, -0.2) is 85.8 Å². The van der Waals surface area contributed by atoms with E-state index in [-0.39, 0.29) is 28.1 Å². The highest BCUT2D eigenvalue weighted by Crippen LogP contribution is 2.48. The van der Waals surface area contributed by atoms with Gasteiger partial charge in [0.15, 0.2) is 17.3 Å². The molecule has 2 fully saturated rings. The van der Waals surface area contributed by atoms with E-state index in [1.54, 1.807) is 10.8 Å². The summed E-state index contributed by atoms with van der Waals surface area (Å²) in [4.78, 5) is 32.0. The van der Waals surface area contributed by atoms with Crippen molar-refractivity contribution >= 4 is 39.0 Å². The quantitative estimate of drug-likeness (QED) is 0.166. The number of aromatic nitrogens is 1. The summed E-state index contributed by atoms with van der Waals surface area (Å²) >= 11 is 0. The zero-order valence-corrected chi connectivity index (χ0v) is 25.5. The van der Waals surface area contributed by atoms with Crippen LogP contribution in [0.15, 0.2) is 47.4 Å². The van der Waals surface area contributed by atoms with Gasteiger partial charge in [-0.1, -0.05) is 24.3 Å². The molecule has 3 aliphatic rings. The van der Waals surface area contributed by atoms with Gasteiger partial charge >= 0.3 is 0 Å². The van der Waals surface area contributed by atoms with Crippen molar-refractivity contribution in [2.24, 2.45) is 0 Å². The fourth-order valence-electron chi connectivity index (χ4n) is 6.88. The Hall–Kier alpha value is -4.19. The standard InChI is InChI=1S/C34H39FN6O4/c1-39-12-4-8-23(39)9-11-38-34(43)24-20-41-25-18-21-6-2-3-7-22(21)19-26(25)45-33-30(28(35)29(36)27(31(33)41)32(24)42)37-10-5-13-40-14-16-44-17-15-40/h2-3,6-7,18-20,23,37H,4-5,8-17,36H2,1H3,(H,38,43). The number of morpholine rings is 1. The molecule has 3 aliphatic heterocycles. The maximum atomic E-state index is 16.1. The molecule has 1 aromatic heterocycles. The molecule has 4 aromatic rings. The summed E-state index contributed by atoms with van der Waals surface area (Å²) in [6, 6.07) is 12.1. The van der Waals surface area contributed by atoms with E-state index in [0.29, 0.717) is 49.3 Å². The zero-order valence-electron chi connectivity index (χ0n) is 25.5. The highest BCUT2D eigenvalue weighted by atomic mass is 19.1. The van der Waals surface area contributed by atoms with Crippen LogP contribution in [0.4, 0.5) is 15.8 Å². The number of nitrogens with two attached hydrogens (primary N) is 1. The number of hydrogen-bond donors (Lipinski definition) is 3. The molecule has 7 rings (SSSR count). The lowest BCUT2D eigenvalue weighted by molar-refractivity contribution is 0.0378. The largest absolute Gasteiger partial charge is 0.451 e. The topological polar surface area (TPSA) is 114 Å². The van der Waals surface area contributed by atoms with E-state index in [0.717, 1.165) is 62.6 Å². The second-order valence-electron chi connectivity index (χ2n) is 12.2. The Kier molecular flexibility index (Phi) is 8.07. The SMILES string of the molecule is CN1CCCC1CCNC(=O)c1cn2c3c(c(NCCCN4CCOCC4)c(F)c(N)c3c1=O)Oc1cc3ccccc3cc1-2. The Morgan fingerprint density at radius 1 is 1.11 bits per heavy atom. The smallest absolute Gasteiger partial charge is 0.256 e. The first-order valence-corrected chi connectivity index (χ1v) is 15.8. The van der Waals surface area contributed by atoms with Crippen molar-refractivity contribution in [1.29, 1.82) is 0 Å². The average molecular weight is 615 g/mol. The maximum absolute atomic E-state index is 16.1. The Labute approximate surface area is 260 Å². The number of nitrogens with zero attached hydrogens (tertiary/aromatic N) is 3. The number of pyridine rings is 1. The van der Waals surface area contributed by atoms with Crippen LogP contribution in [0.1, 0.15) is 36.0 Å². The van der Waals surface area contributed by atoms with Gasteiger partial charge in [0.05, 0.1) is 30.0 Å². The van der Waals surface area contributed by atoms with Crippen LogP contribution in [-0.2, 0) is 4.74 Å². The van der Waals surface area contributed by atoms with Crippen LogP contribution in [0.2, 0.25) is 0 Å². The van der Waals surface area contributed by atoms with E-state index >= 15 is 4.39 Å². The van der Waals surface area contributed by atoms with Gasteiger partial charge in [0.2, 0.25) is 5.43 Å². The molecule has 11 heteroatoms. The molecule has 2 saturated heterocycles. The number of hydrogen-bond acceptors (Lipinski definition) is 8. The molecule has 3 aromatic carbocycles. The molecule has 4 N–H and O–H groups in total. The van der Waals surface area contributed by atoms with Crippen molar-refractivity contribution < 1.29 is 18.7 Å². The van der Waals surface area contributed by atoms with Crippen molar-refractivity contribution in [2.45, 2.75) is 31.7 Å². The van der Waals surface area contributed by atoms with E-state index in [1.807, 2.05) is 36.4 Å². The van der Waals surface area contributed by atoms with Gasteiger partial charge in [-0.25, -0.2) is 4.39 Å². The zero-order chi connectivity index (χ0) is 31.1. The van der Waals surface area contributed by atoms with Crippen molar-refractivity contribution in [3.05, 3.63) is 64.2 Å². The predicted octanol–water partition coefficient (Wildman–Crippen LogP) is 4.32. The number of anilines is 2. The Balaban J connectivity index is 1.28. The Morgan fingerprint density at radius 2 is 1.89 bits per heavy atom. The van der Waals surface area contributed by atoms with Gasteiger partial charge in [0.25, 0.3) is 5.91 Å². The predicted molar refractivity (Wildman–Crippen MR) is 174 cm³/mol. The average Bonchev–Trinajstić information content (AvgIpc) is 3.46. The second-order valence-corrected chi connectivity index (χ2v) is 12.2. The molecular formula is C34H39FN6O4. The summed E-state index contributed by atoms with van der Waals surface area (Å²) in [6.07, 6.45) is 5.32. The highest BCUT2D eigenvalue weighted by Gasteiger charge is 2.31. The summed E-state index contributed by atoms with van der Waals surface area (Å²) in [6.45, 7) is 5.95. The number of nitrogen functional groups attached to an aromatic ring is 1. The minimum atomic E-state index is -0.765. The fraction of sp³-hybridized carbons (Fsp3) is 0.412. The third-order valence-electron chi connectivity index (χ3n) is 9.41. The van der Waals surface area contributed by atoms with Gasteiger partial charge in [-0.15, -0.1) is 0 Å². The van der Waals surface area contributed by atoms with E-state index in [1.165, 1.54) is 0 Å². The van der Waals surface area contributed by atoms with Crippen LogP contribution in [0.25, 0.3) is 27.4 Å². The van der Waals surface area contributed by atoms with Gasteiger partial charge in [-0.05, 0) is 68.7 Å². The number of carbonyl (C=O) groups excluding carboxylic acids is 1. The first kappa shape index (κ1) is 29.5. The van der Waals surface area contributed by atoms with Gasteiger partial charge < -0.3 is 35.3 Å². The number of benzene rings is 3. The van der Waals surface area contributed by atoms with Crippen LogP contribution in [0.3, 0.4) is 0 Å². The van der Waals surface area contributed by atoms with Crippen molar-refractivity contribution in [3.8, 4) is 17.2 Å². The van der Waals surface area contributed by atoms with Crippen molar-refractivity contribution in [3.63, 3.8) is 0 Å². The van der Waals surface area contributed by atoms with Crippen LogP contribution in [0, 0.1) is 5.82 Å². The second kappa shape index (κ2) is 12.3. The molecule has 0 spiro atoms. The number of ether oxygens (including phenoxy) is 2. The number of carbonyl (C=O) groups is 1. The highest BCUT2D eigenvalue weighted by molar-refractivity contribution is 6.06. The van der Waals surface area contributed by atoms with E-state index in [4.69, 9.17) is 15.2 Å². The van der Waals surface area contributed by atoms with Crippen molar-refractivity contribution in [2.75, 3.05) is 70.6 Å². The summed E-state index contributed by atoms with van der Waals surface area (Å²) in [7, 11) is 2.09. The summed E-state index contributed by atoms with van der Waals surface area (Å²) in [5.74, 6) is -0.605. The van der Waals surface area contributed by atoms with Crippen molar-refractivity contribution in [1.82, 2.24) is 19.7 Å². The first-order valence-electron chi connectivity index (χ1n) is 15.8. The molecular weight excluding hydrogens is 575 g/mol. The molecule has 0 bridgehead atoms. The van der Waals surface area contributed by atoms with Gasteiger partial charge in [0.1, 0.15) is 16.8 Å². The number of amides is 1. The Bertz CT molecular complexity index is 1840. The molecule has 4 heterocycles. The maximum Gasteiger partial charge on any atom is 0.256 e. The van der Waals surface area contributed by atoms with E-state index in [9.17, 15) is 9.59 Å². The number of likely N-dealkylation sites (tertiary alicyclic amines) is 1. The number of nitrogens with one attached hydrogen (secondary N) is 2. The summed E-state index contributed by atoms with van der Waals surface area (Å²) < 4.78 is 29.7. The molecule has 10 nitrogen and oxygen atoms in total. The van der Waals surface area contributed by atoms with Crippen LogP contribution >= 0.6 is 0 Å². The minimum Gasteiger partial charge on any atom is -0.451 e. The number of halogens is 1. The monoisotopic (exact) mass is 614 g/mol. The van der Waals surface area contributed by atoms with Crippen LogP contribution in [0.5, 0.6) is 11.5 Å². The molecule has 0 saturated carbocycles. The third kappa shape index (κ3) is 5.49. The summed E-state index contributed by atoms with van der Waals surface area (Å²) in [5.41, 5.74) is 6.44. The molecule has 0 aliphatic carbocycles. The molecule has 0 radical (unpaired) electrons. The van der Waals surface area contributed by atoms with Gasteiger partial charge in [-0.3, -0.25) is 14.5 Å². The molecule has 236 valence electrons. The minimum absolute atomic E-state index is 0.0663. The van der Waals surface area contributed by atoms with Gasteiger partial charge in [0, 0.05) is 38.4 Å². The molecule has 1 atom stereocenters.